The highest BCUT2D eigenvalue weighted by Crippen LogP contribution is 2.22. The van der Waals surface area contributed by atoms with Gasteiger partial charge in [0.1, 0.15) is 6.07 Å². The summed E-state index contributed by atoms with van der Waals surface area (Å²) in [5.41, 5.74) is 1.54. The summed E-state index contributed by atoms with van der Waals surface area (Å²) in [6.07, 6.45) is 0.823. The van der Waals surface area contributed by atoms with Crippen LogP contribution in [0.3, 0.4) is 0 Å². The van der Waals surface area contributed by atoms with Gasteiger partial charge in [0, 0.05) is 6.42 Å². The second-order valence-corrected chi connectivity index (χ2v) is 4.01. The zero-order chi connectivity index (χ0) is 13.0. The summed E-state index contributed by atoms with van der Waals surface area (Å²) in [4.78, 5) is 11.1. The standard InChI is InChI=1S/C15H13NO2/c1-18-15(17)9-8-12-7-6-11-4-2-3-5-13(11)14(12)10-16/h2-7H,8-9H2,1H3. The van der Waals surface area contributed by atoms with Gasteiger partial charge in [-0.15, -0.1) is 0 Å². The van der Waals surface area contributed by atoms with Crippen LogP contribution < -0.4 is 0 Å². The van der Waals surface area contributed by atoms with E-state index in [4.69, 9.17) is 0 Å². The molecule has 2 aromatic rings. The molecule has 0 atom stereocenters. The number of hydrogen-bond acceptors (Lipinski definition) is 3. The first-order chi connectivity index (χ1) is 8.76. The first-order valence-corrected chi connectivity index (χ1v) is 5.74. The third-order valence-electron chi connectivity index (χ3n) is 2.95. The molecule has 3 heteroatoms. The number of ether oxygens (including phenoxy) is 1. The number of methoxy groups -OCH3 is 1. The molecule has 0 aromatic heterocycles. The molecule has 0 radical (unpaired) electrons. The molecular weight excluding hydrogens is 226 g/mol. The number of carbonyl (C=O) groups excluding carboxylic acids is 1. The Kier molecular flexibility index (Phi) is 3.59. The van der Waals surface area contributed by atoms with Crippen LogP contribution in [0.15, 0.2) is 36.4 Å². The van der Waals surface area contributed by atoms with Gasteiger partial charge in [-0.05, 0) is 22.8 Å². The lowest BCUT2D eigenvalue weighted by Crippen LogP contribution is -2.03. The molecule has 0 unspecified atom stereocenters. The molecule has 3 nitrogen and oxygen atoms in total. The molecule has 0 saturated heterocycles. The van der Waals surface area contributed by atoms with Gasteiger partial charge in [0.2, 0.25) is 0 Å². The van der Waals surface area contributed by atoms with Crippen molar-refractivity contribution in [1.82, 2.24) is 0 Å². The first-order valence-electron chi connectivity index (χ1n) is 5.74. The Morgan fingerprint density at radius 3 is 2.78 bits per heavy atom. The fraction of sp³-hybridized carbons (Fsp3) is 0.200. The number of nitrogens with zero attached hydrogens (tertiary/aromatic N) is 1. The number of esters is 1. The van der Waals surface area contributed by atoms with Crippen LogP contribution in [0.25, 0.3) is 10.8 Å². The minimum absolute atomic E-state index is 0.257. The van der Waals surface area contributed by atoms with Crippen molar-refractivity contribution in [2.24, 2.45) is 0 Å². The maximum absolute atomic E-state index is 11.1. The maximum Gasteiger partial charge on any atom is 0.305 e. The van der Waals surface area contributed by atoms with Crippen LogP contribution in [0.2, 0.25) is 0 Å². The van der Waals surface area contributed by atoms with E-state index in [0.29, 0.717) is 18.4 Å². The molecule has 0 aliphatic carbocycles. The Balaban J connectivity index is 2.40. The second kappa shape index (κ2) is 5.33. The lowest BCUT2D eigenvalue weighted by atomic mass is 9.97. The highest BCUT2D eigenvalue weighted by molar-refractivity contribution is 5.89. The summed E-state index contributed by atoms with van der Waals surface area (Å²) in [5, 5.41) is 11.2. The van der Waals surface area contributed by atoms with Crippen LogP contribution in [0.5, 0.6) is 0 Å². The minimum Gasteiger partial charge on any atom is -0.469 e. The van der Waals surface area contributed by atoms with Crippen LogP contribution in [0, 0.1) is 11.3 Å². The fourth-order valence-electron chi connectivity index (χ4n) is 2.00. The van der Waals surface area contributed by atoms with Crippen molar-refractivity contribution in [2.75, 3.05) is 7.11 Å². The largest absolute Gasteiger partial charge is 0.469 e. The quantitative estimate of drug-likeness (QED) is 0.774. The molecule has 0 N–H and O–H groups in total. The van der Waals surface area contributed by atoms with Crippen molar-refractivity contribution >= 4 is 16.7 Å². The van der Waals surface area contributed by atoms with Gasteiger partial charge in [-0.1, -0.05) is 36.4 Å². The van der Waals surface area contributed by atoms with E-state index in [2.05, 4.69) is 10.8 Å². The molecule has 0 bridgehead atoms. The number of benzene rings is 2. The molecule has 0 aliphatic heterocycles. The molecule has 0 aliphatic rings. The summed E-state index contributed by atoms with van der Waals surface area (Å²) in [6, 6.07) is 13.9. The average Bonchev–Trinajstić information content (AvgIpc) is 2.43. The van der Waals surface area contributed by atoms with Gasteiger partial charge < -0.3 is 4.74 Å². The summed E-state index contributed by atoms with van der Waals surface area (Å²) >= 11 is 0. The van der Waals surface area contributed by atoms with Crippen LogP contribution in [0.1, 0.15) is 17.5 Å². The Bertz CT molecular complexity index is 626. The van der Waals surface area contributed by atoms with Crippen molar-refractivity contribution in [3.63, 3.8) is 0 Å². The maximum atomic E-state index is 11.1. The molecule has 0 heterocycles. The Morgan fingerprint density at radius 1 is 1.28 bits per heavy atom. The number of fused-ring (bicyclic) bond motifs is 1. The predicted molar refractivity (Wildman–Crippen MR) is 69.0 cm³/mol. The molecular formula is C15H13NO2. The second-order valence-electron chi connectivity index (χ2n) is 4.01. The summed E-state index contributed by atoms with van der Waals surface area (Å²) in [5.74, 6) is -0.257. The Hall–Kier alpha value is -2.34. The molecule has 0 fully saturated rings. The van der Waals surface area contributed by atoms with Gasteiger partial charge in [0.15, 0.2) is 0 Å². The minimum atomic E-state index is -0.257. The van der Waals surface area contributed by atoms with Crippen LogP contribution in [0.4, 0.5) is 0 Å². The summed E-state index contributed by atoms with van der Waals surface area (Å²) < 4.78 is 4.61. The smallest absolute Gasteiger partial charge is 0.305 e. The highest BCUT2D eigenvalue weighted by Gasteiger charge is 2.09. The predicted octanol–water partition coefficient (Wildman–Crippen LogP) is 2.82. The monoisotopic (exact) mass is 239 g/mol. The third-order valence-corrected chi connectivity index (χ3v) is 2.95. The van der Waals surface area contributed by atoms with Crippen molar-refractivity contribution in [3.8, 4) is 6.07 Å². The van der Waals surface area contributed by atoms with E-state index in [1.54, 1.807) is 0 Å². The molecule has 0 saturated carbocycles. The van der Waals surface area contributed by atoms with E-state index in [9.17, 15) is 10.1 Å². The van der Waals surface area contributed by atoms with E-state index in [0.717, 1.165) is 16.3 Å². The number of carbonyl (C=O) groups is 1. The van der Waals surface area contributed by atoms with Crippen LogP contribution in [-0.2, 0) is 16.0 Å². The molecule has 2 rings (SSSR count). The third kappa shape index (κ3) is 2.33. The SMILES string of the molecule is COC(=O)CCc1ccc2ccccc2c1C#N. The van der Waals surface area contributed by atoms with E-state index < -0.39 is 0 Å². The topological polar surface area (TPSA) is 50.1 Å². The summed E-state index contributed by atoms with van der Waals surface area (Å²) in [6.45, 7) is 0. The van der Waals surface area contributed by atoms with Crippen molar-refractivity contribution in [1.29, 1.82) is 5.26 Å². The number of hydrogen-bond donors (Lipinski definition) is 0. The van der Waals surface area contributed by atoms with Crippen LogP contribution >= 0.6 is 0 Å². The van der Waals surface area contributed by atoms with Crippen molar-refractivity contribution in [2.45, 2.75) is 12.8 Å². The zero-order valence-corrected chi connectivity index (χ0v) is 10.1. The van der Waals surface area contributed by atoms with E-state index in [1.807, 2.05) is 36.4 Å². The number of nitriles is 1. The van der Waals surface area contributed by atoms with Gasteiger partial charge in [0.25, 0.3) is 0 Å². The first kappa shape index (κ1) is 12.1. The molecule has 2 aromatic carbocycles. The lowest BCUT2D eigenvalue weighted by molar-refractivity contribution is -0.140. The Labute approximate surface area is 106 Å². The molecule has 0 amide bonds. The van der Waals surface area contributed by atoms with Gasteiger partial charge in [-0.3, -0.25) is 4.79 Å². The fourth-order valence-corrected chi connectivity index (χ4v) is 2.00. The van der Waals surface area contributed by atoms with Crippen LogP contribution in [-0.4, -0.2) is 13.1 Å². The summed E-state index contributed by atoms with van der Waals surface area (Å²) in [7, 11) is 1.37. The lowest BCUT2D eigenvalue weighted by Gasteiger charge is -2.06. The van der Waals surface area contributed by atoms with E-state index in [1.165, 1.54) is 7.11 Å². The highest BCUT2D eigenvalue weighted by atomic mass is 16.5. The number of rotatable bonds is 3. The Morgan fingerprint density at radius 2 is 2.06 bits per heavy atom. The van der Waals surface area contributed by atoms with E-state index in [-0.39, 0.29) is 5.97 Å². The van der Waals surface area contributed by atoms with Gasteiger partial charge in [-0.25, -0.2) is 0 Å². The van der Waals surface area contributed by atoms with Gasteiger partial charge in [-0.2, -0.15) is 5.26 Å². The number of aryl methyl sites for hydroxylation is 1. The van der Waals surface area contributed by atoms with Crippen molar-refractivity contribution < 1.29 is 9.53 Å². The molecule has 90 valence electrons. The normalized spacial score (nSPS) is 10.0. The van der Waals surface area contributed by atoms with E-state index >= 15 is 0 Å². The molecule has 0 spiro atoms. The van der Waals surface area contributed by atoms with Gasteiger partial charge in [0.05, 0.1) is 12.7 Å². The van der Waals surface area contributed by atoms with Crippen molar-refractivity contribution in [3.05, 3.63) is 47.5 Å². The van der Waals surface area contributed by atoms with Gasteiger partial charge >= 0.3 is 5.97 Å². The molecule has 18 heavy (non-hydrogen) atoms. The zero-order valence-electron chi connectivity index (χ0n) is 10.1. The average molecular weight is 239 g/mol.